The number of nitrogens with one attached hydrogen (secondary N) is 1. The minimum Gasteiger partial charge on any atom is -0.441 e. The number of nitrogens with zero attached hydrogens (tertiary/aromatic N) is 3. The van der Waals surface area contributed by atoms with Crippen LogP contribution in [-0.4, -0.2) is 21.7 Å². The zero-order valence-electron chi connectivity index (χ0n) is 13.8. The largest absolute Gasteiger partial charge is 0.441 e. The van der Waals surface area contributed by atoms with Crippen molar-refractivity contribution in [2.24, 2.45) is 0 Å². The van der Waals surface area contributed by atoms with Crippen LogP contribution in [0.25, 0.3) is 11.5 Å². The van der Waals surface area contributed by atoms with Crippen LogP contribution in [0.2, 0.25) is 0 Å². The van der Waals surface area contributed by atoms with Crippen molar-refractivity contribution in [3.8, 4) is 11.5 Å². The molecule has 24 heavy (non-hydrogen) atoms. The second kappa shape index (κ2) is 8.30. The Kier molecular flexibility index (Phi) is 5.87. The number of benzene rings is 1. The summed E-state index contributed by atoms with van der Waals surface area (Å²) < 4.78 is 6.73. The third kappa shape index (κ3) is 4.36. The van der Waals surface area contributed by atoms with Crippen molar-refractivity contribution in [2.45, 2.75) is 36.8 Å². The van der Waals surface area contributed by atoms with Crippen molar-refractivity contribution in [1.82, 2.24) is 15.2 Å². The number of anilines is 1. The lowest BCUT2D eigenvalue weighted by Crippen LogP contribution is -1.99. The Morgan fingerprint density at radius 2 is 2.04 bits per heavy atom. The minimum atomic E-state index is 0.669. The maximum absolute atomic E-state index is 5.79. The van der Waals surface area contributed by atoms with Gasteiger partial charge in [0.1, 0.15) is 5.76 Å². The summed E-state index contributed by atoms with van der Waals surface area (Å²) in [4.78, 5) is 4.62. The molecule has 0 bridgehead atoms. The molecule has 2 aromatic heterocycles. The van der Waals surface area contributed by atoms with Gasteiger partial charge < -0.3 is 9.73 Å². The van der Waals surface area contributed by atoms with Gasteiger partial charge in [-0.2, -0.15) is 0 Å². The summed E-state index contributed by atoms with van der Waals surface area (Å²) in [5.41, 5.74) is 1.95. The zero-order valence-corrected chi connectivity index (χ0v) is 15.4. The molecule has 0 aliphatic heterocycles. The van der Waals surface area contributed by atoms with Crippen molar-refractivity contribution in [3.63, 3.8) is 0 Å². The van der Waals surface area contributed by atoms with E-state index in [1.807, 2.05) is 37.3 Å². The molecule has 5 nitrogen and oxygen atoms in total. The number of aromatic nitrogens is 3. The van der Waals surface area contributed by atoms with Gasteiger partial charge in [0.05, 0.1) is 5.69 Å². The molecule has 0 unspecified atom stereocenters. The third-order valence-corrected chi connectivity index (χ3v) is 5.48. The van der Waals surface area contributed by atoms with Crippen LogP contribution in [0, 0.1) is 6.92 Å². The van der Waals surface area contributed by atoms with E-state index in [0.29, 0.717) is 5.89 Å². The van der Waals surface area contributed by atoms with Crippen LogP contribution >= 0.6 is 23.1 Å². The predicted octanol–water partition coefficient (Wildman–Crippen LogP) is 5.01. The third-order valence-electron chi connectivity index (χ3n) is 3.46. The highest BCUT2D eigenvalue weighted by Crippen LogP contribution is 2.30. The van der Waals surface area contributed by atoms with E-state index in [2.05, 4.69) is 27.4 Å². The molecule has 2 heterocycles. The lowest BCUT2D eigenvalue weighted by atomic mass is 10.2. The molecule has 7 heteroatoms. The molecular weight excluding hydrogens is 340 g/mol. The molecule has 0 spiro atoms. The van der Waals surface area contributed by atoms with Gasteiger partial charge in [-0.3, -0.25) is 0 Å². The average Bonchev–Trinajstić information content (AvgIpc) is 3.21. The zero-order chi connectivity index (χ0) is 16.8. The highest BCUT2D eigenvalue weighted by atomic mass is 32.2. The van der Waals surface area contributed by atoms with Crippen LogP contribution in [0.15, 0.2) is 39.1 Å². The molecule has 0 fully saturated rings. The van der Waals surface area contributed by atoms with E-state index in [4.69, 9.17) is 4.42 Å². The molecule has 126 valence electrons. The molecule has 0 aliphatic rings. The van der Waals surface area contributed by atoms with E-state index in [0.717, 1.165) is 45.2 Å². The number of hydrogen-bond acceptors (Lipinski definition) is 7. The summed E-state index contributed by atoms with van der Waals surface area (Å²) in [7, 11) is 0. The molecule has 0 aliphatic carbocycles. The number of oxazole rings is 1. The van der Waals surface area contributed by atoms with Gasteiger partial charge in [0.2, 0.25) is 11.0 Å². The smallest absolute Gasteiger partial charge is 0.226 e. The van der Waals surface area contributed by atoms with Crippen LogP contribution in [0.3, 0.4) is 0 Å². The van der Waals surface area contributed by atoms with E-state index in [-0.39, 0.29) is 0 Å². The SMILES string of the molecule is CCCCNc1nnc(SCc2nc(-c3ccccc3)oc2C)s1. The first kappa shape index (κ1) is 17.0. The van der Waals surface area contributed by atoms with Gasteiger partial charge in [0, 0.05) is 17.9 Å². The molecule has 3 rings (SSSR count). The van der Waals surface area contributed by atoms with Crippen LogP contribution < -0.4 is 5.32 Å². The number of hydrogen-bond donors (Lipinski definition) is 1. The van der Waals surface area contributed by atoms with Crippen molar-refractivity contribution >= 4 is 28.2 Å². The van der Waals surface area contributed by atoms with Crippen molar-refractivity contribution < 1.29 is 4.42 Å². The lowest BCUT2D eigenvalue weighted by molar-refractivity contribution is 0.540. The van der Waals surface area contributed by atoms with Crippen LogP contribution in [0.4, 0.5) is 5.13 Å². The van der Waals surface area contributed by atoms with Crippen molar-refractivity contribution in [3.05, 3.63) is 41.8 Å². The molecule has 0 saturated heterocycles. The highest BCUT2D eigenvalue weighted by Gasteiger charge is 2.13. The van der Waals surface area contributed by atoms with E-state index < -0.39 is 0 Å². The first-order chi connectivity index (χ1) is 11.8. The number of aryl methyl sites for hydroxylation is 1. The molecule has 0 amide bonds. The maximum Gasteiger partial charge on any atom is 0.226 e. The average molecular weight is 361 g/mol. The lowest BCUT2D eigenvalue weighted by Gasteiger charge is -1.97. The monoisotopic (exact) mass is 360 g/mol. The van der Waals surface area contributed by atoms with Gasteiger partial charge in [-0.15, -0.1) is 10.2 Å². The maximum atomic E-state index is 5.79. The van der Waals surface area contributed by atoms with Gasteiger partial charge in [-0.1, -0.05) is 54.6 Å². The van der Waals surface area contributed by atoms with Crippen molar-refractivity contribution in [2.75, 3.05) is 11.9 Å². The highest BCUT2D eigenvalue weighted by molar-refractivity contribution is 8.00. The number of unbranched alkanes of at least 4 members (excludes halogenated alkanes) is 1. The topological polar surface area (TPSA) is 63.8 Å². The Hall–Kier alpha value is -1.86. The normalized spacial score (nSPS) is 10.9. The number of rotatable bonds is 8. The summed E-state index contributed by atoms with van der Waals surface area (Å²) in [5.74, 6) is 2.25. The fraction of sp³-hybridized carbons (Fsp3) is 0.353. The Labute approximate surface area is 149 Å². The van der Waals surface area contributed by atoms with Gasteiger partial charge in [0.15, 0.2) is 4.34 Å². The fourth-order valence-corrected chi connectivity index (χ4v) is 3.89. The molecular formula is C17H20N4OS2. The van der Waals surface area contributed by atoms with Crippen LogP contribution in [0.5, 0.6) is 0 Å². The Bertz CT molecular complexity index is 770. The van der Waals surface area contributed by atoms with E-state index in [1.165, 1.54) is 6.42 Å². The molecule has 3 aromatic rings. The summed E-state index contributed by atoms with van der Waals surface area (Å²) in [6.07, 6.45) is 2.31. The summed E-state index contributed by atoms with van der Waals surface area (Å²) in [5, 5.41) is 12.6. The molecule has 0 radical (unpaired) electrons. The van der Waals surface area contributed by atoms with E-state index in [1.54, 1.807) is 23.1 Å². The quantitative estimate of drug-likeness (QED) is 0.450. The van der Waals surface area contributed by atoms with Gasteiger partial charge >= 0.3 is 0 Å². The van der Waals surface area contributed by atoms with Gasteiger partial charge in [-0.05, 0) is 25.5 Å². The van der Waals surface area contributed by atoms with Gasteiger partial charge in [0.25, 0.3) is 0 Å². The van der Waals surface area contributed by atoms with Crippen molar-refractivity contribution in [1.29, 1.82) is 0 Å². The molecule has 0 atom stereocenters. The summed E-state index contributed by atoms with van der Waals surface area (Å²) in [6, 6.07) is 9.95. The molecule has 1 aromatic carbocycles. The Balaban J connectivity index is 1.60. The van der Waals surface area contributed by atoms with Gasteiger partial charge in [-0.25, -0.2) is 4.98 Å². The molecule has 1 N–H and O–H groups in total. The Morgan fingerprint density at radius 1 is 1.21 bits per heavy atom. The van der Waals surface area contributed by atoms with Crippen LogP contribution in [-0.2, 0) is 5.75 Å². The summed E-state index contributed by atoms with van der Waals surface area (Å²) >= 11 is 3.22. The van der Waals surface area contributed by atoms with E-state index in [9.17, 15) is 0 Å². The minimum absolute atomic E-state index is 0.669. The molecule has 0 saturated carbocycles. The summed E-state index contributed by atoms with van der Waals surface area (Å²) in [6.45, 7) is 5.07. The first-order valence-electron chi connectivity index (χ1n) is 7.98. The van der Waals surface area contributed by atoms with E-state index >= 15 is 0 Å². The first-order valence-corrected chi connectivity index (χ1v) is 9.78. The number of thioether (sulfide) groups is 1. The fourth-order valence-electron chi connectivity index (χ4n) is 2.11. The second-order valence-corrected chi connectivity index (χ2v) is 7.53. The predicted molar refractivity (Wildman–Crippen MR) is 99.5 cm³/mol. The second-order valence-electron chi connectivity index (χ2n) is 5.33. The Morgan fingerprint density at radius 3 is 2.83 bits per heavy atom. The standard InChI is InChI=1S/C17H20N4OS2/c1-3-4-10-18-16-20-21-17(24-16)23-11-14-12(2)22-15(19-14)13-8-6-5-7-9-13/h5-9H,3-4,10-11H2,1-2H3,(H,18,20). The van der Waals surface area contributed by atoms with Crippen LogP contribution in [0.1, 0.15) is 31.2 Å².